The van der Waals surface area contributed by atoms with Crippen LogP contribution < -0.4 is 28.7 Å². The number of unbranched alkanes of at least 4 members (excludes halogenated alkanes) is 6. The number of hydrogen-bond donors (Lipinski definition) is 0. The highest BCUT2D eigenvalue weighted by molar-refractivity contribution is 7.19. The van der Waals surface area contributed by atoms with E-state index < -0.39 is 21.2 Å². The van der Waals surface area contributed by atoms with Crippen LogP contribution >= 0.6 is 34.4 Å². The molecule has 0 aliphatic rings. The van der Waals surface area contributed by atoms with Gasteiger partial charge in [-0.15, -0.1) is 22.7 Å². The van der Waals surface area contributed by atoms with Gasteiger partial charge in [0.2, 0.25) is 0 Å². The Morgan fingerprint density at radius 2 is 0.711 bits per heavy atom. The van der Waals surface area contributed by atoms with Crippen LogP contribution in [0, 0.1) is 20.2 Å². The van der Waals surface area contributed by atoms with Gasteiger partial charge in [-0.25, -0.2) is 0 Å². The summed E-state index contributed by atoms with van der Waals surface area (Å²) in [7, 11) is 6.57. The van der Waals surface area contributed by atoms with Gasteiger partial charge in [0.25, 0.3) is 0 Å². The van der Waals surface area contributed by atoms with Gasteiger partial charge in [-0.05, 0) is 181 Å². The molecule has 0 atom stereocenters. The monoisotopic (exact) mass is 1160 g/mol. The molecule has 14 nitrogen and oxygen atoms in total. The van der Waals surface area contributed by atoms with E-state index >= 15 is 0 Å². The molecule has 3 aromatic heterocycles. The number of hydrogen-bond acceptors (Lipinski definition) is 15. The molecule has 7 aromatic carbocycles. The van der Waals surface area contributed by atoms with Crippen molar-refractivity contribution in [1.29, 1.82) is 0 Å². The second-order valence-corrected chi connectivity index (χ2v) is 22.7. The molecule has 0 amide bonds. The SMILES string of the molecule is CCCCCCc1cc(-c2c([N+](=O)[O-])c([N+](=O)[O-])c(-c3cc(CCCCCC)c(-c4ccc(N(c5ccc(OC)cc5)c5ccc(OC)cc5)cc4)s3)c3nsnc23)sc1-c1ccc(N(c2ccc(OC)cc2)c2ccc(OC)cc2)cc1. The topological polar surface area (TPSA) is 155 Å². The molecule has 0 fully saturated rings. The predicted octanol–water partition coefficient (Wildman–Crippen LogP) is 19.5. The Bertz CT molecular complexity index is 3480. The molecule has 0 aliphatic carbocycles. The van der Waals surface area contributed by atoms with Crippen molar-refractivity contribution < 1.29 is 28.8 Å². The molecule has 0 saturated heterocycles. The molecule has 0 N–H and O–H groups in total. The molecule has 17 heteroatoms. The van der Waals surface area contributed by atoms with Crippen LogP contribution in [0.25, 0.3) is 52.8 Å². The van der Waals surface area contributed by atoms with Crippen LogP contribution in [0.5, 0.6) is 23.0 Å². The lowest BCUT2D eigenvalue weighted by molar-refractivity contribution is -0.421. The zero-order valence-corrected chi connectivity index (χ0v) is 49.7. The minimum absolute atomic E-state index is 0.104. The van der Waals surface area contributed by atoms with E-state index in [1.165, 1.54) is 22.7 Å². The van der Waals surface area contributed by atoms with Gasteiger partial charge in [-0.1, -0.05) is 76.6 Å². The summed E-state index contributed by atoms with van der Waals surface area (Å²) in [6.07, 6.45) is 9.53. The normalized spacial score (nSPS) is 11.2. The molecule has 424 valence electrons. The number of nitro groups is 2. The largest absolute Gasteiger partial charge is 0.497 e. The number of rotatable bonds is 26. The second kappa shape index (κ2) is 26.5. The third-order valence-electron chi connectivity index (χ3n) is 14.8. The molecule has 0 spiro atoms. The van der Waals surface area contributed by atoms with E-state index in [9.17, 15) is 20.2 Å². The second-order valence-electron chi connectivity index (χ2n) is 20.0. The van der Waals surface area contributed by atoms with Crippen molar-refractivity contribution in [2.24, 2.45) is 0 Å². The molecule has 3 heterocycles. The van der Waals surface area contributed by atoms with Gasteiger partial charge in [0.1, 0.15) is 45.2 Å². The maximum Gasteiger partial charge on any atom is 0.357 e. The highest BCUT2D eigenvalue weighted by atomic mass is 32.1. The summed E-state index contributed by atoms with van der Waals surface area (Å²) in [5.74, 6) is 2.97. The van der Waals surface area contributed by atoms with E-state index in [-0.39, 0.29) is 22.2 Å². The average molecular weight is 1170 g/mol. The fraction of sp³-hybridized carbons (Fsp3) is 0.242. The maximum atomic E-state index is 13.8. The first-order chi connectivity index (χ1) is 40.5. The van der Waals surface area contributed by atoms with Crippen LogP contribution in [0.2, 0.25) is 0 Å². The van der Waals surface area contributed by atoms with Crippen molar-refractivity contribution in [2.75, 3.05) is 38.2 Å². The summed E-state index contributed by atoms with van der Waals surface area (Å²) in [5, 5.41) is 27.5. The lowest BCUT2D eigenvalue weighted by Crippen LogP contribution is -2.09. The number of nitrogens with zero attached hydrogens (tertiary/aromatic N) is 6. The van der Waals surface area contributed by atoms with Crippen molar-refractivity contribution in [2.45, 2.75) is 78.1 Å². The number of nitro benzene ring substituents is 2. The Hall–Kier alpha value is -8.64. The van der Waals surface area contributed by atoms with E-state index in [0.717, 1.165) is 152 Å². The van der Waals surface area contributed by atoms with Crippen LogP contribution in [0.4, 0.5) is 45.5 Å². The van der Waals surface area contributed by atoms with Crippen molar-refractivity contribution in [1.82, 2.24) is 8.75 Å². The third-order valence-corrected chi connectivity index (χ3v) is 17.8. The third kappa shape index (κ3) is 12.4. The molecule has 0 saturated carbocycles. The van der Waals surface area contributed by atoms with Crippen LogP contribution in [0.1, 0.15) is 76.3 Å². The molecule has 0 aliphatic heterocycles. The smallest absolute Gasteiger partial charge is 0.357 e. The Balaban J connectivity index is 1.07. The molecule has 0 bridgehead atoms. The number of aryl methyl sites for hydroxylation is 2. The maximum absolute atomic E-state index is 13.8. The van der Waals surface area contributed by atoms with Crippen molar-refractivity contribution in [3.05, 3.63) is 189 Å². The average Bonchev–Trinajstić information content (AvgIpc) is 4.46. The molecule has 10 aromatic rings. The standard InChI is InChI=1S/C66H64N6O8S3/c1-7-9-11-13-15-45-41-57(81-65(45)43-17-21-47(22-18-43)69(49-25-33-53(77-3)34-26-49)50-27-35-54(78-4)36-28-50)59-61-62(68-83-67-61)60(64(72(75)76)63(59)71(73)74)58-42-46(16-14-12-10-8-2)66(82-58)44-19-23-48(24-20-44)70(51-29-37-55(79-5)38-30-51)52-31-39-56(80-6)40-32-52/h17-42H,7-16H2,1-6H3. The van der Waals surface area contributed by atoms with Gasteiger partial charge in [0.15, 0.2) is 0 Å². The summed E-state index contributed by atoms with van der Waals surface area (Å²) >= 11 is 3.69. The van der Waals surface area contributed by atoms with Gasteiger partial charge in [0, 0.05) is 53.6 Å². The quantitative estimate of drug-likeness (QED) is 0.0288. The van der Waals surface area contributed by atoms with E-state index in [1.807, 2.05) is 109 Å². The van der Waals surface area contributed by atoms with E-state index in [2.05, 4.69) is 72.2 Å². The molecule has 0 radical (unpaired) electrons. The molecule has 0 unspecified atom stereocenters. The fourth-order valence-corrected chi connectivity index (χ4v) is 13.7. The van der Waals surface area contributed by atoms with E-state index in [0.29, 0.717) is 22.6 Å². The van der Waals surface area contributed by atoms with Gasteiger partial charge in [-0.3, -0.25) is 20.2 Å². The first-order valence-corrected chi connectivity index (χ1v) is 30.2. The summed E-state index contributed by atoms with van der Waals surface area (Å²) < 4.78 is 31.5. The summed E-state index contributed by atoms with van der Waals surface area (Å²) in [6, 6.07) is 52.0. The molecular weight excluding hydrogens is 1100 g/mol. The van der Waals surface area contributed by atoms with Crippen molar-refractivity contribution >= 4 is 90.9 Å². The molecular formula is C66H64N6O8S3. The Kier molecular flexibility index (Phi) is 18.4. The van der Waals surface area contributed by atoms with Gasteiger partial charge in [-0.2, -0.15) is 8.75 Å². The predicted molar refractivity (Wildman–Crippen MR) is 339 cm³/mol. The minimum atomic E-state index is -0.603. The van der Waals surface area contributed by atoms with Crippen molar-refractivity contribution in [3.8, 4) is 64.8 Å². The lowest BCUT2D eigenvalue weighted by Gasteiger charge is -2.26. The van der Waals surface area contributed by atoms with Crippen LogP contribution in [-0.4, -0.2) is 47.0 Å². The number of fused-ring (bicyclic) bond motifs is 1. The van der Waals surface area contributed by atoms with Gasteiger partial charge < -0.3 is 28.7 Å². The number of methoxy groups -OCH3 is 4. The number of benzene rings is 7. The van der Waals surface area contributed by atoms with Crippen molar-refractivity contribution in [3.63, 3.8) is 0 Å². The molecule has 10 rings (SSSR count). The van der Waals surface area contributed by atoms with Crippen LogP contribution in [0.3, 0.4) is 0 Å². The Morgan fingerprint density at radius 1 is 0.422 bits per heavy atom. The zero-order valence-electron chi connectivity index (χ0n) is 47.3. The minimum Gasteiger partial charge on any atom is -0.497 e. The summed E-state index contributed by atoms with van der Waals surface area (Å²) in [4.78, 5) is 33.5. The fourth-order valence-electron chi connectivity index (χ4n) is 10.6. The number of anilines is 6. The number of thiophene rings is 2. The van der Waals surface area contributed by atoms with Crippen LogP contribution in [-0.2, 0) is 12.8 Å². The highest BCUT2D eigenvalue weighted by Crippen LogP contribution is 2.55. The Morgan fingerprint density at radius 3 is 0.976 bits per heavy atom. The van der Waals surface area contributed by atoms with Gasteiger partial charge >= 0.3 is 11.4 Å². The first kappa shape index (κ1) is 57.6. The number of ether oxygens (including phenoxy) is 4. The first-order valence-electron chi connectivity index (χ1n) is 27.8. The van der Waals surface area contributed by atoms with Crippen LogP contribution in [0.15, 0.2) is 158 Å². The van der Waals surface area contributed by atoms with Gasteiger partial charge in [0.05, 0.1) is 50.0 Å². The number of aromatic nitrogens is 2. The lowest BCUT2D eigenvalue weighted by atomic mass is 9.97. The summed E-state index contributed by atoms with van der Waals surface area (Å²) in [5.41, 5.74) is 8.89. The molecule has 83 heavy (non-hydrogen) atoms. The highest BCUT2D eigenvalue weighted by Gasteiger charge is 2.40. The Labute approximate surface area is 495 Å². The summed E-state index contributed by atoms with van der Waals surface area (Å²) in [6.45, 7) is 4.34. The zero-order chi connectivity index (χ0) is 58.0. The van der Waals surface area contributed by atoms with E-state index in [4.69, 9.17) is 27.7 Å². The van der Waals surface area contributed by atoms with E-state index in [1.54, 1.807) is 28.4 Å².